The summed E-state index contributed by atoms with van der Waals surface area (Å²) >= 11 is 0. The summed E-state index contributed by atoms with van der Waals surface area (Å²) in [4.78, 5) is 11.1. The molecule has 0 spiro atoms. The molecule has 2 N–H and O–H groups in total. The zero-order valence-corrected chi connectivity index (χ0v) is 8.60. The van der Waals surface area contributed by atoms with E-state index >= 15 is 0 Å². The highest BCUT2D eigenvalue weighted by atomic mass is 16.1. The van der Waals surface area contributed by atoms with Crippen LogP contribution >= 0.6 is 0 Å². The Morgan fingerprint density at radius 2 is 2.31 bits per heavy atom. The van der Waals surface area contributed by atoms with Crippen molar-refractivity contribution in [3.05, 3.63) is 12.7 Å². The first-order valence-electron chi connectivity index (χ1n) is 4.79. The van der Waals surface area contributed by atoms with Gasteiger partial charge in [0.05, 0.1) is 6.54 Å². The van der Waals surface area contributed by atoms with Crippen LogP contribution in [-0.4, -0.2) is 25.5 Å². The van der Waals surface area contributed by atoms with Gasteiger partial charge in [-0.05, 0) is 5.92 Å². The molecule has 1 atom stereocenters. The van der Waals surface area contributed by atoms with Gasteiger partial charge >= 0.3 is 0 Å². The second-order valence-electron chi connectivity index (χ2n) is 3.24. The molecule has 0 aliphatic heterocycles. The molecule has 0 aromatic rings. The van der Waals surface area contributed by atoms with Gasteiger partial charge < -0.3 is 10.6 Å². The molecule has 0 saturated heterocycles. The van der Waals surface area contributed by atoms with Crippen molar-refractivity contribution >= 4 is 5.91 Å². The van der Waals surface area contributed by atoms with Crippen LogP contribution in [0.25, 0.3) is 0 Å². The minimum atomic E-state index is 0.0575. The first-order chi connectivity index (χ1) is 6.20. The summed E-state index contributed by atoms with van der Waals surface area (Å²) in [6.07, 6.45) is 2.84. The highest BCUT2D eigenvalue weighted by molar-refractivity contribution is 5.77. The number of nitrogens with one attached hydrogen (secondary N) is 2. The molecule has 13 heavy (non-hydrogen) atoms. The van der Waals surface area contributed by atoms with Crippen molar-refractivity contribution in [3.8, 4) is 0 Å². The van der Waals surface area contributed by atoms with Gasteiger partial charge in [0.15, 0.2) is 0 Å². The molecule has 0 rings (SSSR count). The molecule has 76 valence electrons. The minimum absolute atomic E-state index is 0.0575. The van der Waals surface area contributed by atoms with Gasteiger partial charge in [-0.2, -0.15) is 0 Å². The standard InChI is InChI=1S/C10H20N2O/c1-4-6-11-8-10(13)12-7-9(3)5-2/h4,9,11H,1,5-8H2,2-3H3,(H,12,13). The van der Waals surface area contributed by atoms with E-state index in [0.29, 0.717) is 19.0 Å². The van der Waals surface area contributed by atoms with E-state index in [2.05, 4.69) is 31.1 Å². The quantitative estimate of drug-likeness (QED) is 0.456. The molecule has 3 nitrogen and oxygen atoms in total. The van der Waals surface area contributed by atoms with Crippen LogP contribution in [-0.2, 0) is 4.79 Å². The Morgan fingerprint density at radius 1 is 1.62 bits per heavy atom. The van der Waals surface area contributed by atoms with Crippen molar-refractivity contribution in [2.75, 3.05) is 19.6 Å². The third kappa shape index (κ3) is 7.53. The largest absolute Gasteiger partial charge is 0.355 e. The molecule has 3 heteroatoms. The van der Waals surface area contributed by atoms with Crippen LogP contribution in [0.1, 0.15) is 20.3 Å². The first kappa shape index (κ1) is 12.2. The van der Waals surface area contributed by atoms with Crippen molar-refractivity contribution in [1.82, 2.24) is 10.6 Å². The molecule has 0 aromatic heterocycles. The second-order valence-corrected chi connectivity index (χ2v) is 3.24. The molecular formula is C10H20N2O. The molecule has 0 saturated carbocycles. The maximum absolute atomic E-state index is 11.1. The Morgan fingerprint density at radius 3 is 2.85 bits per heavy atom. The zero-order valence-electron chi connectivity index (χ0n) is 8.60. The average molecular weight is 184 g/mol. The Hall–Kier alpha value is -0.830. The van der Waals surface area contributed by atoms with Crippen LogP contribution in [0.15, 0.2) is 12.7 Å². The predicted molar refractivity (Wildman–Crippen MR) is 55.5 cm³/mol. The van der Waals surface area contributed by atoms with Crippen molar-refractivity contribution < 1.29 is 4.79 Å². The van der Waals surface area contributed by atoms with Crippen LogP contribution < -0.4 is 10.6 Å². The lowest BCUT2D eigenvalue weighted by atomic mass is 10.1. The first-order valence-corrected chi connectivity index (χ1v) is 4.79. The lowest BCUT2D eigenvalue weighted by Crippen LogP contribution is -2.36. The Bertz CT molecular complexity index is 157. The normalized spacial score (nSPS) is 12.2. The monoisotopic (exact) mass is 184 g/mol. The molecule has 1 amide bonds. The van der Waals surface area contributed by atoms with Gasteiger partial charge in [0.1, 0.15) is 0 Å². The van der Waals surface area contributed by atoms with Crippen LogP contribution in [0.4, 0.5) is 0 Å². The van der Waals surface area contributed by atoms with E-state index in [1.165, 1.54) is 0 Å². The fourth-order valence-electron chi connectivity index (χ4n) is 0.783. The molecule has 0 aliphatic carbocycles. The van der Waals surface area contributed by atoms with Gasteiger partial charge in [-0.1, -0.05) is 26.3 Å². The zero-order chi connectivity index (χ0) is 10.1. The van der Waals surface area contributed by atoms with Crippen molar-refractivity contribution in [1.29, 1.82) is 0 Å². The lowest BCUT2D eigenvalue weighted by molar-refractivity contribution is -0.120. The maximum atomic E-state index is 11.1. The van der Waals surface area contributed by atoms with Crippen LogP contribution in [0.3, 0.4) is 0 Å². The maximum Gasteiger partial charge on any atom is 0.233 e. The van der Waals surface area contributed by atoms with Gasteiger partial charge in [-0.15, -0.1) is 6.58 Å². The summed E-state index contributed by atoms with van der Waals surface area (Å²) in [5.41, 5.74) is 0. The predicted octanol–water partition coefficient (Wildman–Crippen LogP) is 0.924. The van der Waals surface area contributed by atoms with Gasteiger partial charge in [-0.3, -0.25) is 4.79 Å². The van der Waals surface area contributed by atoms with Crippen LogP contribution in [0, 0.1) is 5.92 Å². The van der Waals surface area contributed by atoms with E-state index in [1.54, 1.807) is 6.08 Å². The fourth-order valence-corrected chi connectivity index (χ4v) is 0.783. The van der Waals surface area contributed by atoms with Gasteiger partial charge in [-0.25, -0.2) is 0 Å². The van der Waals surface area contributed by atoms with Crippen molar-refractivity contribution in [3.63, 3.8) is 0 Å². The number of carbonyl (C=O) groups excluding carboxylic acids is 1. The summed E-state index contributed by atoms with van der Waals surface area (Å²) in [7, 11) is 0. The molecule has 0 aliphatic rings. The summed E-state index contributed by atoms with van der Waals surface area (Å²) in [6, 6.07) is 0. The second kappa shape index (κ2) is 7.80. The Labute approximate surface area is 80.6 Å². The van der Waals surface area contributed by atoms with Gasteiger partial charge in [0.25, 0.3) is 0 Å². The van der Waals surface area contributed by atoms with Crippen LogP contribution in [0.5, 0.6) is 0 Å². The average Bonchev–Trinajstić information content (AvgIpc) is 2.14. The summed E-state index contributed by atoms with van der Waals surface area (Å²) in [5.74, 6) is 0.616. The molecular weight excluding hydrogens is 164 g/mol. The smallest absolute Gasteiger partial charge is 0.233 e. The SMILES string of the molecule is C=CCNCC(=O)NCC(C)CC. The topological polar surface area (TPSA) is 41.1 Å². The molecule has 0 heterocycles. The van der Waals surface area contributed by atoms with Crippen molar-refractivity contribution in [2.24, 2.45) is 5.92 Å². The van der Waals surface area contributed by atoms with E-state index in [4.69, 9.17) is 0 Å². The summed E-state index contributed by atoms with van der Waals surface area (Å²) in [6.45, 7) is 9.61. The Balaban J connectivity index is 3.34. The number of carbonyl (C=O) groups is 1. The van der Waals surface area contributed by atoms with E-state index in [1.807, 2.05) is 0 Å². The molecule has 1 unspecified atom stereocenters. The fraction of sp³-hybridized carbons (Fsp3) is 0.700. The molecule has 0 aromatic carbocycles. The van der Waals surface area contributed by atoms with Gasteiger partial charge in [0, 0.05) is 13.1 Å². The van der Waals surface area contributed by atoms with E-state index in [9.17, 15) is 4.79 Å². The number of hydrogen-bond acceptors (Lipinski definition) is 2. The highest BCUT2D eigenvalue weighted by Crippen LogP contribution is 1.96. The van der Waals surface area contributed by atoms with Crippen molar-refractivity contribution in [2.45, 2.75) is 20.3 Å². The number of rotatable bonds is 7. The van der Waals surface area contributed by atoms with Crippen LogP contribution in [0.2, 0.25) is 0 Å². The third-order valence-corrected chi connectivity index (χ3v) is 1.92. The molecule has 0 radical (unpaired) electrons. The van der Waals surface area contributed by atoms with E-state index in [-0.39, 0.29) is 5.91 Å². The lowest BCUT2D eigenvalue weighted by Gasteiger charge is -2.09. The number of amides is 1. The summed E-state index contributed by atoms with van der Waals surface area (Å²) < 4.78 is 0. The van der Waals surface area contributed by atoms with Gasteiger partial charge in [0.2, 0.25) is 5.91 Å². The number of hydrogen-bond donors (Lipinski definition) is 2. The van der Waals surface area contributed by atoms with E-state index < -0.39 is 0 Å². The summed E-state index contributed by atoms with van der Waals surface area (Å²) in [5, 5.41) is 5.80. The van der Waals surface area contributed by atoms with E-state index in [0.717, 1.165) is 13.0 Å². The Kier molecular flexibility index (Phi) is 7.30. The molecule has 0 fully saturated rings. The molecule has 0 bridgehead atoms. The highest BCUT2D eigenvalue weighted by Gasteiger charge is 2.02. The minimum Gasteiger partial charge on any atom is -0.355 e. The third-order valence-electron chi connectivity index (χ3n) is 1.92.